The molecular formula is C36H52BrCl2IN2O8Zn. The molecule has 284 valence electrons. The number of carbonyl (C=O) groups excluding carboxylic acids is 2. The fourth-order valence-corrected chi connectivity index (χ4v) is 5.89. The Morgan fingerprint density at radius 3 is 1.37 bits per heavy atom. The van der Waals surface area contributed by atoms with Crippen LogP contribution in [0, 0.1) is 6.42 Å². The molecule has 0 atom stereocenters. The summed E-state index contributed by atoms with van der Waals surface area (Å²) in [6, 6.07) is 7.48. The molecule has 10 nitrogen and oxygen atoms in total. The minimum absolute atomic E-state index is 0.180. The van der Waals surface area contributed by atoms with Crippen molar-refractivity contribution < 1.29 is 52.8 Å². The molecule has 4 rings (SSSR count). The van der Waals surface area contributed by atoms with Gasteiger partial charge < -0.3 is 44.6 Å². The normalized spacial score (nSPS) is 14.7. The summed E-state index contributed by atoms with van der Waals surface area (Å²) in [5.74, 6) is 2.76. The molecule has 2 saturated heterocycles. The molecule has 2 fully saturated rings. The van der Waals surface area contributed by atoms with Crippen molar-refractivity contribution in [3.8, 4) is 23.0 Å². The molecule has 0 bridgehead atoms. The zero-order chi connectivity index (χ0) is 38.9. The van der Waals surface area contributed by atoms with Crippen molar-refractivity contribution in [2.75, 3.05) is 54.6 Å². The second-order valence-corrected chi connectivity index (χ2v) is 15.1. The zero-order valence-electron chi connectivity index (χ0n) is 31.5. The van der Waals surface area contributed by atoms with Gasteiger partial charge in [0.15, 0.2) is 0 Å². The first-order valence-corrected chi connectivity index (χ1v) is 27.0. The predicted molar refractivity (Wildman–Crippen MR) is 212 cm³/mol. The number of benzene rings is 2. The summed E-state index contributed by atoms with van der Waals surface area (Å²) in [6.07, 6.45) is 5.49. The summed E-state index contributed by atoms with van der Waals surface area (Å²) in [4.78, 5) is 27.2. The van der Waals surface area contributed by atoms with Crippen molar-refractivity contribution in [1.29, 1.82) is 0 Å². The van der Waals surface area contributed by atoms with Crippen molar-refractivity contribution in [3.05, 3.63) is 50.8 Å². The Balaban J connectivity index is 0.000000407. The fraction of sp³-hybridized carbons (Fsp3) is 0.583. The zero-order valence-corrected chi connectivity index (χ0v) is 39.7. The first-order valence-electron chi connectivity index (χ1n) is 16.5. The van der Waals surface area contributed by atoms with Crippen molar-refractivity contribution in [1.82, 2.24) is 9.80 Å². The average molecular weight is 984 g/mol. The van der Waals surface area contributed by atoms with E-state index in [9.17, 15) is 9.59 Å². The molecule has 0 radical (unpaired) electrons. The van der Waals surface area contributed by atoms with Crippen molar-refractivity contribution in [3.63, 3.8) is 0 Å². The number of hydrogen-bond acceptors (Lipinski definition) is 8. The maximum absolute atomic E-state index is 12.1. The van der Waals surface area contributed by atoms with Gasteiger partial charge in [0, 0.05) is 17.6 Å². The van der Waals surface area contributed by atoms with E-state index < -0.39 is 5.60 Å². The Kier molecular flexibility index (Phi) is 21.8. The first kappa shape index (κ1) is 47.6. The minimum atomic E-state index is -0.467. The fourth-order valence-electron chi connectivity index (χ4n) is 4.94. The molecule has 2 aliphatic heterocycles. The molecule has 0 saturated carbocycles. The number of amides is 2. The van der Waals surface area contributed by atoms with Gasteiger partial charge in [0.2, 0.25) is 0 Å². The molecule has 51 heavy (non-hydrogen) atoms. The van der Waals surface area contributed by atoms with Crippen LogP contribution < -0.4 is 18.9 Å². The number of hydrogen-bond donors (Lipinski definition) is 0. The van der Waals surface area contributed by atoms with E-state index in [1.807, 2.05) is 53.7 Å². The van der Waals surface area contributed by atoms with Gasteiger partial charge in [-0.1, -0.05) is 39.1 Å². The molecule has 0 aromatic heterocycles. The Hall–Kier alpha value is -1.41. The van der Waals surface area contributed by atoms with E-state index in [2.05, 4.69) is 42.1 Å². The molecule has 2 heterocycles. The van der Waals surface area contributed by atoms with Crippen LogP contribution in [0.5, 0.6) is 23.0 Å². The number of methoxy groups -OCH3 is 4. The van der Waals surface area contributed by atoms with Crippen molar-refractivity contribution in [2.45, 2.75) is 84.3 Å². The third-order valence-electron chi connectivity index (χ3n) is 7.35. The summed E-state index contributed by atoms with van der Waals surface area (Å²) < 4.78 is 32.3. The van der Waals surface area contributed by atoms with Gasteiger partial charge in [-0.25, -0.2) is 9.59 Å². The van der Waals surface area contributed by atoms with E-state index >= 15 is 0 Å². The van der Waals surface area contributed by atoms with Gasteiger partial charge in [0.05, 0.1) is 28.4 Å². The number of likely N-dealkylation sites (tertiary alicyclic amines) is 2. The molecule has 2 aromatic rings. The number of halogens is 4. The monoisotopic (exact) mass is 980 g/mol. The summed E-state index contributed by atoms with van der Waals surface area (Å²) in [7, 11) is 6.31. The maximum atomic E-state index is 12.1. The van der Waals surface area contributed by atoms with Crippen LogP contribution in [0.15, 0.2) is 28.7 Å². The van der Waals surface area contributed by atoms with Crippen LogP contribution in [-0.2, 0) is 24.3 Å². The average Bonchev–Trinajstić information content (AvgIpc) is 3.09. The van der Waals surface area contributed by atoms with Gasteiger partial charge >= 0.3 is 46.7 Å². The van der Waals surface area contributed by atoms with Gasteiger partial charge in [-0.3, -0.25) is 0 Å². The third kappa shape index (κ3) is 17.1. The van der Waals surface area contributed by atoms with Crippen LogP contribution in [0.4, 0.5) is 9.59 Å². The Bertz CT molecular complexity index is 1330. The summed E-state index contributed by atoms with van der Waals surface area (Å²) >= 11 is 19.1. The number of piperidine rings is 2. The van der Waals surface area contributed by atoms with Crippen LogP contribution in [0.2, 0.25) is 10.0 Å². The molecule has 0 unspecified atom stereocenters. The molecule has 2 amide bonds. The standard InChI is InChI=1S/C18H26ClNO4.C10H18NO2.C8H8BrClO2.HI.Zn/c1-18(2,3)24-17(21)20-8-6-12(7-9-20)13-10-14(22-4)16(19)15(11-13)23-5;1-10(2,3)13-9(12)11-7-5-4-6-8-11;1-11-6-3-5(9)4-7(12-2)8(6)10;;/h10-12H,6-9H2,1-5H3;4H,5-8H2,1-3H3;3-4H,1-2H3;1H;/q;-1;;;+2/p-1. The van der Waals surface area contributed by atoms with Crippen LogP contribution >= 0.6 is 58.9 Å². The number of nitrogens with zero attached hydrogens (tertiary/aromatic N) is 2. The topological polar surface area (TPSA) is 96.0 Å². The van der Waals surface area contributed by atoms with Crippen LogP contribution in [-0.4, -0.2) is 87.8 Å². The summed E-state index contributed by atoms with van der Waals surface area (Å²) in [5, 5.41) is 0.971. The molecule has 0 aliphatic carbocycles. The van der Waals surface area contributed by atoms with Gasteiger partial charge in [-0.05, 0) is 103 Å². The van der Waals surface area contributed by atoms with Gasteiger partial charge in [0.1, 0.15) is 44.2 Å². The molecule has 0 N–H and O–H groups in total. The number of ether oxygens (including phenoxy) is 6. The molecule has 2 aliphatic rings. The number of rotatable bonds is 5. The van der Waals surface area contributed by atoms with Gasteiger partial charge in [-0.2, -0.15) is 12.8 Å². The molecule has 15 heteroatoms. The second kappa shape index (κ2) is 23.4. The molecular weight excluding hydrogens is 932 g/mol. The third-order valence-corrected chi connectivity index (χ3v) is 8.56. The first-order chi connectivity index (χ1) is 23.9. The van der Waals surface area contributed by atoms with Gasteiger partial charge in [-0.15, -0.1) is 0 Å². The number of carbonyl (C=O) groups is 2. The Morgan fingerprint density at radius 2 is 1.04 bits per heavy atom. The quantitative estimate of drug-likeness (QED) is 0.166. The van der Waals surface area contributed by atoms with Gasteiger partial charge in [0.25, 0.3) is 0 Å². The predicted octanol–water partition coefficient (Wildman–Crippen LogP) is 10.7. The van der Waals surface area contributed by atoms with E-state index in [0.717, 1.165) is 48.8 Å². The van der Waals surface area contributed by atoms with E-state index in [1.54, 1.807) is 50.4 Å². The van der Waals surface area contributed by atoms with E-state index in [-0.39, 0.29) is 17.8 Å². The van der Waals surface area contributed by atoms with E-state index in [1.165, 1.54) is 14.8 Å². The Labute approximate surface area is 343 Å². The summed E-state index contributed by atoms with van der Waals surface area (Å²) in [6.45, 7) is 14.3. The van der Waals surface area contributed by atoms with E-state index in [4.69, 9.17) is 51.6 Å². The second-order valence-electron chi connectivity index (χ2n) is 13.4. The van der Waals surface area contributed by atoms with Crippen LogP contribution in [0.25, 0.3) is 0 Å². The van der Waals surface area contributed by atoms with E-state index in [0.29, 0.717) is 52.1 Å². The Morgan fingerprint density at radius 1 is 0.706 bits per heavy atom. The van der Waals surface area contributed by atoms with Crippen molar-refractivity contribution in [2.24, 2.45) is 0 Å². The molecule has 0 spiro atoms. The van der Waals surface area contributed by atoms with Crippen LogP contribution in [0.1, 0.15) is 78.7 Å². The SMILES string of the molecule is CC(C)(C)OC(=O)N1CC[CH-]CC1.COc1cc(Br)cc(OC)c1Cl.COc1cc(C2CCN(C(=O)OC(C)(C)C)CC2)cc(OC)c1Cl.[Zn+][I]. The molecule has 2 aromatic carbocycles. The summed E-state index contributed by atoms with van der Waals surface area (Å²) in [5.41, 5.74) is 0.278. The van der Waals surface area contributed by atoms with Crippen molar-refractivity contribution >= 4 is 71.1 Å². The van der Waals surface area contributed by atoms with Crippen LogP contribution in [0.3, 0.4) is 0 Å².